The van der Waals surface area contributed by atoms with Crippen LogP contribution in [0.3, 0.4) is 0 Å². The van der Waals surface area contributed by atoms with E-state index in [-0.39, 0.29) is 23.8 Å². The topological polar surface area (TPSA) is 122 Å². The molecule has 7 nitrogen and oxygen atoms in total. The molecule has 4 aromatic carbocycles. The number of hydrogen-bond acceptors (Lipinski definition) is 5. The van der Waals surface area contributed by atoms with Crippen molar-refractivity contribution in [1.29, 1.82) is 0 Å². The van der Waals surface area contributed by atoms with Crippen molar-refractivity contribution in [1.82, 2.24) is 0 Å². The molecule has 2 unspecified atom stereocenters. The van der Waals surface area contributed by atoms with E-state index < -0.39 is 0 Å². The molecule has 0 saturated heterocycles. The van der Waals surface area contributed by atoms with Crippen LogP contribution in [0.5, 0.6) is 0 Å². The van der Waals surface area contributed by atoms with Crippen molar-refractivity contribution in [3.05, 3.63) is 111 Å². The summed E-state index contributed by atoms with van der Waals surface area (Å²) in [7, 11) is 0. The molecular formula is C32H33Cl2N5O2. The molecule has 0 aliphatic carbocycles. The molecule has 0 aromatic heterocycles. The molecule has 0 saturated carbocycles. The van der Waals surface area contributed by atoms with Gasteiger partial charge >= 0.3 is 0 Å². The highest BCUT2D eigenvalue weighted by atomic mass is 35.5. The van der Waals surface area contributed by atoms with Crippen LogP contribution in [0.15, 0.2) is 78.9 Å². The van der Waals surface area contributed by atoms with Gasteiger partial charge in [-0.25, -0.2) is 0 Å². The lowest BCUT2D eigenvalue weighted by Crippen LogP contribution is -2.20. The van der Waals surface area contributed by atoms with E-state index in [1.165, 1.54) is 0 Å². The molecule has 7 N–H and O–H groups in total. The van der Waals surface area contributed by atoms with Crippen molar-refractivity contribution >= 4 is 63.5 Å². The zero-order valence-electron chi connectivity index (χ0n) is 23.1. The van der Waals surface area contributed by atoms with Crippen LogP contribution in [-0.2, 0) is 0 Å². The number of carbonyl (C=O) groups is 2. The maximum absolute atomic E-state index is 12.7. The Hall–Kier alpha value is -4.20. The number of amides is 2. The van der Waals surface area contributed by atoms with E-state index in [1.807, 2.05) is 25.1 Å². The molecule has 2 amide bonds. The fourth-order valence-corrected chi connectivity index (χ4v) is 4.83. The third-order valence-corrected chi connectivity index (χ3v) is 7.90. The standard InChI is InChI=1S/C32H33Cl2N5O2/c1-4-18(2)30(22-9-14-27(25(33)17-22)38-31(40)20-5-10-23(35)11-6-20)37-26-15-16-28(29(34)19(26)3)39-32(41)21-7-12-24(36)13-8-21/h5-18,30,37H,4,35-36H2,1-3H3,(H,38,40)(H,39,41). The second-order valence-electron chi connectivity index (χ2n) is 10.00. The van der Waals surface area contributed by atoms with Gasteiger partial charge in [0.15, 0.2) is 0 Å². The second-order valence-corrected chi connectivity index (χ2v) is 10.8. The molecule has 4 aromatic rings. The van der Waals surface area contributed by atoms with E-state index in [2.05, 4.69) is 29.8 Å². The summed E-state index contributed by atoms with van der Waals surface area (Å²) in [5.41, 5.74) is 17.2. The predicted molar refractivity (Wildman–Crippen MR) is 171 cm³/mol. The van der Waals surface area contributed by atoms with Crippen LogP contribution in [0.25, 0.3) is 0 Å². The van der Waals surface area contributed by atoms with Gasteiger partial charge in [-0.05, 0) is 96.8 Å². The van der Waals surface area contributed by atoms with Gasteiger partial charge < -0.3 is 27.4 Å². The largest absolute Gasteiger partial charge is 0.399 e. The number of rotatable bonds is 9. The average molecular weight is 591 g/mol. The summed E-state index contributed by atoms with van der Waals surface area (Å²) in [6.07, 6.45) is 0.910. The highest BCUT2D eigenvalue weighted by Gasteiger charge is 2.22. The van der Waals surface area contributed by atoms with E-state index in [1.54, 1.807) is 60.7 Å². The zero-order valence-corrected chi connectivity index (χ0v) is 24.6. The molecule has 0 spiro atoms. The molecule has 0 aliphatic heterocycles. The molecule has 0 bridgehead atoms. The first kappa shape index (κ1) is 29.8. The van der Waals surface area contributed by atoms with Gasteiger partial charge in [0, 0.05) is 28.2 Å². The van der Waals surface area contributed by atoms with Crippen LogP contribution in [0.4, 0.5) is 28.4 Å². The summed E-state index contributed by atoms with van der Waals surface area (Å²) in [6, 6.07) is 22.6. The van der Waals surface area contributed by atoms with Gasteiger partial charge in [-0.1, -0.05) is 49.5 Å². The minimum atomic E-state index is -0.275. The number of hydrogen-bond donors (Lipinski definition) is 5. The Balaban J connectivity index is 1.53. The molecule has 41 heavy (non-hydrogen) atoms. The van der Waals surface area contributed by atoms with Gasteiger partial charge in [0.05, 0.1) is 27.5 Å². The van der Waals surface area contributed by atoms with Crippen molar-refractivity contribution < 1.29 is 9.59 Å². The maximum atomic E-state index is 12.7. The summed E-state index contributed by atoms with van der Waals surface area (Å²) in [6.45, 7) is 6.18. The number of nitrogens with one attached hydrogen (secondary N) is 3. The van der Waals surface area contributed by atoms with E-state index >= 15 is 0 Å². The molecule has 0 radical (unpaired) electrons. The minimum Gasteiger partial charge on any atom is -0.399 e. The van der Waals surface area contributed by atoms with E-state index in [4.69, 9.17) is 34.7 Å². The second kappa shape index (κ2) is 13.0. The first-order valence-corrected chi connectivity index (χ1v) is 14.0. The van der Waals surface area contributed by atoms with Gasteiger partial charge in [-0.15, -0.1) is 0 Å². The number of anilines is 5. The van der Waals surface area contributed by atoms with Gasteiger partial charge in [0.1, 0.15) is 0 Å². The molecule has 0 heterocycles. The first-order valence-electron chi connectivity index (χ1n) is 13.3. The Morgan fingerprint density at radius 2 is 1.24 bits per heavy atom. The molecule has 0 aliphatic rings. The summed E-state index contributed by atoms with van der Waals surface area (Å²) in [5, 5.41) is 10.2. The highest BCUT2D eigenvalue weighted by molar-refractivity contribution is 6.35. The Morgan fingerprint density at radius 3 is 1.76 bits per heavy atom. The summed E-state index contributed by atoms with van der Waals surface area (Å²) >= 11 is 13.3. The van der Waals surface area contributed by atoms with Crippen LogP contribution in [0, 0.1) is 12.8 Å². The fourth-order valence-electron chi connectivity index (χ4n) is 4.38. The van der Waals surface area contributed by atoms with Crippen molar-refractivity contribution in [3.8, 4) is 0 Å². The maximum Gasteiger partial charge on any atom is 0.255 e. The molecular weight excluding hydrogens is 557 g/mol. The van der Waals surface area contributed by atoms with Crippen molar-refractivity contribution in [2.75, 3.05) is 27.4 Å². The van der Waals surface area contributed by atoms with Crippen molar-refractivity contribution in [2.24, 2.45) is 5.92 Å². The van der Waals surface area contributed by atoms with E-state index in [9.17, 15) is 9.59 Å². The number of nitrogen functional groups attached to an aromatic ring is 2. The Labute approximate surface area is 250 Å². The van der Waals surface area contributed by atoms with Crippen molar-refractivity contribution in [3.63, 3.8) is 0 Å². The van der Waals surface area contributed by atoms with Gasteiger partial charge in [-0.3, -0.25) is 9.59 Å². The molecule has 2 atom stereocenters. The van der Waals surface area contributed by atoms with Crippen molar-refractivity contribution in [2.45, 2.75) is 33.2 Å². The Kier molecular flexibility index (Phi) is 9.42. The lowest BCUT2D eigenvalue weighted by molar-refractivity contribution is 0.101. The zero-order chi connectivity index (χ0) is 29.7. The molecule has 9 heteroatoms. The van der Waals surface area contributed by atoms with Gasteiger partial charge in [0.25, 0.3) is 11.8 Å². The normalized spacial score (nSPS) is 12.3. The number of benzene rings is 4. The van der Waals surface area contributed by atoms with E-state index in [0.717, 1.165) is 23.2 Å². The van der Waals surface area contributed by atoms with Crippen LogP contribution in [0.2, 0.25) is 10.0 Å². The summed E-state index contributed by atoms with van der Waals surface area (Å²) < 4.78 is 0. The fraction of sp³-hybridized carbons (Fsp3) is 0.188. The van der Waals surface area contributed by atoms with E-state index in [0.29, 0.717) is 43.9 Å². The van der Waals surface area contributed by atoms with Crippen LogP contribution in [0.1, 0.15) is 58.2 Å². The van der Waals surface area contributed by atoms with Gasteiger partial charge in [-0.2, -0.15) is 0 Å². The summed E-state index contributed by atoms with van der Waals surface area (Å²) in [4.78, 5) is 25.4. The monoisotopic (exact) mass is 589 g/mol. The van der Waals surface area contributed by atoms with Crippen LogP contribution < -0.4 is 27.4 Å². The third-order valence-electron chi connectivity index (χ3n) is 7.10. The summed E-state index contributed by atoms with van der Waals surface area (Å²) in [5.74, 6) is -0.308. The Morgan fingerprint density at radius 1 is 0.756 bits per heavy atom. The molecule has 0 fully saturated rings. The number of carbonyl (C=O) groups excluding carboxylic acids is 2. The van der Waals surface area contributed by atoms with Crippen LogP contribution >= 0.6 is 23.2 Å². The molecule has 4 rings (SSSR count). The predicted octanol–water partition coefficient (Wildman–Crippen LogP) is 8.17. The van der Waals surface area contributed by atoms with Crippen LogP contribution in [-0.4, -0.2) is 11.8 Å². The quantitative estimate of drug-likeness (QED) is 0.126. The highest BCUT2D eigenvalue weighted by Crippen LogP contribution is 2.37. The molecule has 212 valence electrons. The minimum absolute atomic E-state index is 0.0932. The number of halogens is 2. The Bertz CT molecular complexity index is 1560. The number of nitrogens with two attached hydrogens (primary N) is 2. The first-order chi connectivity index (χ1) is 19.6. The third kappa shape index (κ3) is 7.12. The smallest absolute Gasteiger partial charge is 0.255 e. The SMILES string of the molecule is CCC(C)C(Nc1ccc(NC(=O)c2ccc(N)cc2)c(Cl)c1C)c1ccc(NC(=O)c2ccc(N)cc2)c(Cl)c1. The lowest BCUT2D eigenvalue weighted by Gasteiger charge is -2.28. The average Bonchev–Trinajstić information content (AvgIpc) is 2.96. The lowest BCUT2D eigenvalue weighted by atomic mass is 9.91. The van der Waals surface area contributed by atoms with Gasteiger partial charge in [0.2, 0.25) is 0 Å².